The Morgan fingerprint density at radius 1 is 1.05 bits per heavy atom. The van der Waals surface area contributed by atoms with Crippen molar-refractivity contribution in [2.75, 3.05) is 45.9 Å². The molecule has 1 atom stereocenters. The van der Waals surface area contributed by atoms with Gasteiger partial charge in [-0.1, -0.05) is 12.8 Å². The topological polar surface area (TPSA) is 32.8 Å². The summed E-state index contributed by atoms with van der Waals surface area (Å²) in [6.07, 6.45) is 6.52. The van der Waals surface area contributed by atoms with E-state index in [1.54, 1.807) is 0 Å². The van der Waals surface area contributed by atoms with Crippen LogP contribution in [0, 0.1) is 5.92 Å². The molecule has 0 aromatic carbocycles. The fourth-order valence-electron chi connectivity index (χ4n) is 3.69. The highest BCUT2D eigenvalue weighted by atomic mass is 16.5. The molecule has 4 heteroatoms. The average Bonchev–Trinajstić information content (AvgIpc) is 3.13. The first-order chi connectivity index (χ1) is 9.33. The van der Waals surface area contributed by atoms with E-state index in [0.29, 0.717) is 18.9 Å². The number of carbonyl (C=O) groups excluding carboxylic acids is 1. The number of ether oxygens (including phenoxy) is 1. The Hall–Kier alpha value is -0.450. The molecule has 3 aliphatic rings. The lowest BCUT2D eigenvalue weighted by Crippen LogP contribution is -2.51. The second kappa shape index (κ2) is 6.33. The van der Waals surface area contributed by atoms with Crippen LogP contribution in [0.2, 0.25) is 0 Å². The van der Waals surface area contributed by atoms with Crippen LogP contribution in [0.3, 0.4) is 0 Å². The van der Waals surface area contributed by atoms with Gasteiger partial charge in [0, 0.05) is 44.7 Å². The van der Waals surface area contributed by atoms with Crippen LogP contribution in [0.4, 0.5) is 0 Å². The Balaban J connectivity index is 1.41. The number of hydrogen-bond donors (Lipinski definition) is 0. The van der Waals surface area contributed by atoms with Crippen LogP contribution in [-0.2, 0) is 9.53 Å². The van der Waals surface area contributed by atoms with Crippen LogP contribution in [0.5, 0.6) is 0 Å². The molecule has 0 aromatic rings. The summed E-state index contributed by atoms with van der Waals surface area (Å²) in [6.45, 7) is 6.50. The Morgan fingerprint density at radius 3 is 2.42 bits per heavy atom. The van der Waals surface area contributed by atoms with Gasteiger partial charge in [0.05, 0.1) is 13.2 Å². The number of piperazine rings is 1. The number of ketones is 1. The minimum atomic E-state index is 0.174. The number of nitrogens with zero attached hydrogens (tertiary/aromatic N) is 2. The SMILES string of the molecule is O=C(CN1CCN(C2CCCC2)CC1)C1CCOC1. The van der Waals surface area contributed by atoms with Crippen molar-refractivity contribution in [3.63, 3.8) is 0 Å². The first-order valence-corrected chi connectivity index (χ1v) is 7.90. The first-order valence-electron chi connectivity index (χ1n) is 7.90. The molecule has 2 heterocycles. The Kier molecular flexibility index (Phi) is 4.51. The van der Waals surface area contributed by atoms with Crippen LogP contribution in [-0.4, -0.2) is 67.6 Å². The molecular weight excluding hydrogens is 240 g/mol. The van der Waals surface area contributed by atoms with Gasteiger partial charge in [0.15, 0.2) is 5.78 Å². The third-order valence-electron chi connectivity index (χ3n) is 5.01. The predicted octanol–water partition coefficient (Wildman–Crippen LogP) is 1.15. The highest BCUT2D eigenvalue weighted by Crippen LogP contribution is 2.24. The molecule has 1 aliphatic carbocycles. The van der Waals surface area contributed by atoms with Crippen molar-refractivity contribution in [2.45, 2.75) is 38.1 Å². The van der Waals surface area contributed by atoms with Crippen LogP contribution in [0.15, 0.2) is 0 Å². The second-order valence-electron chi connectivity index (χ2n) is 6.28. The summed E-state index contributed by atoms with van der Waals surface area (Å²) in [6, 6.07) is 0.834. The van der Waals surface area contributed by atoms with E-state index in [4.69, 9.17) is 4.74 Å². The zero-order chi connectivity index (χ0) is 13.1. The summed E-state index contributed by atoms with van der Waals surface area (Å²) < 4.78 is 5.30. The summed E-state index contributed by atoms with van der Waals surface area (Å²) in [7, 11) is 0. The average molecular weight is 266 g/mol. The summed E-state index contributed by atoms with van der Waals surface area (Å²) in [5, 5.41) is 0. The highest BCUT2D eigenvalue weighted by molar-refractivity contribution is 5.83. The van der Waals surface area contributed by atoms with Gasteiger partial charge in [-0.05, 0) is 19.3 Å². The lowest BCUT2D eigenvalue weighted by Gasteiger charge is -2.38. The maximum Gasteiger partial charge on any atom is 0.152 e. The van der Waals surface area contributed by atoms with Crippen molar-refractivity contribution < 1.29 is 9.53 Å². The van der Waals surface area contributed by atoms with Gasteiger partial charge in [-0.3, -0.25) is 14.6 Å². The van der Waals surface area contributed by atoms with Crippen molar-refractivity contribution in [2.24, 2.45) is 5.92 Å². The van der Waals surface area contributed by atoms with Gasteiger partial charge in [0.25, 0.3) is 0 Å². The molecule has 4 nitrogen and oxygen atoms in total. The van der Waals surface area contributed by atoms with Crippen LogP contribution >= 0.6 is 0 Å². The van der Waals surface area contributed by atoms with Gasteiger partial charge in [-0.15, -0.1) is 0 Å². The van der Waals surface area contributed by atoms with Crippen molar-refractivity contribution in [1.29, 1.82) is 0 Å². The summed E-state index contributed by atoms with van der Waals surface area (Å²) in [5.41, 5.74) is 0. The molecule has 0 aromatic heterocycles. The molecule has 1 saturated carbocycles. The highest BCUT2D eigenvalue weighted by Gasteiger charge is 2.29. The third kappa shape index (κ3) is 3.36. The molecule has 108 valence electrons. The molecule has 0 amide bonds. The molecule has 0 spiro atoms. The molecule has 1 unspecified atom stereocenters. The van der Waals surface area contributed by atoms with Crippen molar-refractivity contribution in [3.8, 4) is 0 Å². The second-order valence-corrected chi connectivity index (χ2v) is 6.28. The monoisotopic (exact) mass is 266 g/mol. The summed E-state index contributed by atoms with van der Waals surface area (Å²) >= 11 is 0. The van der Waals surface area contributed by atoms with E-state index < -0.39 is 0 Å². The third-order valence-corrected chi connectivity index (χ3v) is 5.01. The van der Waals surface area contributed by atoms with Crippen LogP contribution < -0.4 is 0 Å². The Bertz CT molecular complexity index is 301. The molecule has 2 saturated heterocycles. The van der Waals surface area contributed by atoms with E-state index in [-0.39, 0.29) is 5.92 Å². The zero-order valence-electron chi connectivity index (χ0n) is 11.9. The predicted molar refractivity (Wildman–Crippen MR) is 74.2 cm³/mol. The van der Waals surface area contributed by atoms with Crippen molar-refractivity contribution in [3.05, 3.63) is 0 Å². The molecule has 0 radical (unpaired) electrons. The number of hydrogen-bond acceptors (Lipinski definition) is 4. The normalized spacial score (nSPS) is 31.1. The van der Waals surface area contributed by atoms with Crippen LogP contribution in [0.1, 0.15) is 32.1 Å². The summed E-state index contributed by atoms with van der Waals surface area (Å²) in [4.78, 5) is 17.1. The van der Waals surface area contributed by atoms with E-state index >= 15 is 0 Å². The van der Waals surface area contributed by atoms with E-state index in [9.17, 15) is 4.79 Å². The van der Waals surface area contributed by atoms with Gasteiger partial charge < -0.3 is 4.74 Å². The fraction of sp³-hybridized carbons (Fsp3) is 0.933. The van der Waals surface area contributed by atoms with Crippen LogP contribution in [0.25, 0.3) is 0 Å². The molecule has 3 fully saturated rings. The quantitative estimate of drug-likeness (QED) is 0.764. The van der Waals surface area contributed by atoms with E-state index in [0.717, 1.165) is 45.2 Å². The smallest absolute Gasteiger partial charge is 0.152 e. The van der Waals surface area contributed by atoms with Gasteiger partial charge in [0.2, 0.25) is 0 Å². The lowest BCUT2D eigenvalue weighted by molar-refractivity contribution is -0.124. The molecule has 0 N–H and O–H groups in total. The zero-order valence-corrected chi connectivity index (χ0v) is 11.9. The molecule has 2 aliphatic heterocycles. The van der Waals surface area contributed by atoms with E-state index in [1.807, 2.05) is 0 Å². The fourth-order valence-corrected chi connectivity index (χ4v) is 3.69. The first kappa shape index (κ1) is 13.5. The number of carbonyl (C=O) groups is 1. The standard InChI is InChI=1S/C15H26N2O2/c18-15(13-5-10-19-12-13)11-16-6-8-17(9-7-16)14-3-1-2-4-14/h13-14H,1-12H2. The number of Topliss-reactive ketones (excluding diaryl/α,β-unsaturated/α-hetero) is 1. The van der Waals surface area contributed by atoms with E-state index in [2.05, 4.69) is 9.80 Å². The minimum absolute atomic E-state index is 0.174. The van der Waals surface area contributed by atoms with Gasteiger partial charge >= 0.3 is 0 Å². The van der Waals surface area contributed by atoms with Gasteiger partial charge in [-0.2, -0.15) is 0 Å². The molecular formula is C15H26N2O2. The largest absolute Gasteiger partial charge is 0.381 e. The molecule has 19 heavy (non-hydrogen) atoms. The Labute approximate surface area is 116 Å². The molecule has 0 bridgehead atoms. The maximum atomic E-state index is 12.1. The number of rotatable bonds is 4. The Morgan fingerprint density at radius 2 is 1.79 bits per heavy atom. The minimum Gasteiger partial charge on any atom is -0.381 e. The van der Waals surface area contributed by atoms with Crippen molar-refractivity contribution in [1.82, 2.24) is 9.80 Å². The van der Waals surface area contributed by atoms with E-state index in [1.165, 1.54) is 25.7 Å². The van der Waals surface area contributed by atoms with Gasteiger partial charge in [-0.25, -0.2) is 0 Å². The lowest BCUT2D eigenvalue weighted by atomic mass is 10.0. The van der Waals surface area contributed by atoms with Crippen molar-refractivity contribution >= 4 is 5.78 Å². The summed E-state index contributed by atoms with van der Waals surface area (Å²) in [5.74, 6) is 0.569. The van der Waals surface area contributed by atoms with Gasteiger partial charge in [0.1, 0.15) is 0 Å². The maximum absolute atomic E-state index is 12.1. The molecule has 3 rings (SSSR count).